The lowest BCUT2D eigenvalue weighted by molar-refractivity contribution is -0.137. The number of fused-ring (bicyclic) bond motifs is 1. The molecule has 0 amide bonds. The van der Waals surface area contributed by atoms with Gasteiger partial charge in [-0.25, -0.2) is 13.5 Å². The first-order chi connectivity index (χ1) is 15.2. The van der Waals surface area contributed by atoms with Crippen molar-refractivity contribution < 1.29 is 21.6 Å². The zero-order chi connectivity index (χ0) is 24.3. The number of alkyl halides is 3. The lowest BCUT2D eigenvalue weighted by Gasteiger charge is -2.29. The molecule has 0 spiro atoms. The highest BCUT2D eigenvalue weighted by Gasteiger charge is 2.42. The van der Waals surface area contributed by atoms with Gasteiger partial charge in [0.2, 0.25) is 21.9 Å². The number of hydrogen-bond donors (Lipinski definition) is 3. The Hall–Kier alpha value is -2.83. The van der Waals surface area contributed by atoms with Crippen molar-refractivity contribution in [2.24, 2.45) is 0 Å². The Bertz CT molecular complexity index is 1350. The van der Waals surface area contributed by atoms with Crippen LogP contribution in [0.4, 0.5) is 30.8 Å². The van der Waals surface area contributed by atoms with Gasteiger partial charge in [-0.3, -0.25) is 0 Å². The average molecular weight is 501 g/mol. The molecule has 2 heterocycles. The molecular weight excluding hydrogens is 481 g/mol. The number of aromatic amines is 1. The Morgan fingerprint density at radius 3 is 2.45 bits per heavy atom. The van der Waals surface area contributed by atoms with Gasteiger partial charge in [0.15, 0.2) is 0 Å². The molecule has 4 rings (SSSR count). The van der Waals surface area contributed by atoms with Gasteiger partial charge in [0.1, 0.15) is 0 Å². The summed E-state index contributed by atoms with van der Waals surface area (Å²) in [5.41, 5.74) is 3.93. The van der Waals surface area contributed by atoms with E-state index in [2.05, 4.69) is 20.5 Å². The summed E-state index contributed by atoms with van der Waals surface area (Å²) < 4.78 is 69.5. The van der Waals surface area contributed by atoms with Crippen molar-refractivity contribution in [3.05, 3.63) is 46.5 Å². The molecule has 1 aliphatic heterocycles. The monoisotopic (exact) mass is 500 g/mol. The second-order valence-electron chi connectivity index (χ2n) is 8.55. The maximum Gasteiger partial charge on any atom is 0.417 e. The van der Waals surface area contributed by atoms with Crippen molar-refractivity contribution in [1.82, 2.24) is 19.5 Å². The van der Waals surface area contributed by atoms with Gasteiger partial charge >= 0.3 is 6.18 Å². The normalized spacial score (nSPS) is 16.1. The first-order valence-electron chi connectivity index (χ1n) is 9.70. The maximum absolute atomic E-state index is 14.0. The van der Waals surface area contributed by atoms with Gasteiger partial charge in [0.25, 0.3) is 0 Å². The Balaban J connectivity index is 1.84. The summed E-state index contributed by atoms with van der Waals surface area (Å²) in [6, 6.07) is 6.35. The number of nitrogens with zero attached hydrogens (tertiary/aromatic N) is 3. The molecule has 1 aromatic heterocycles. The van der Waals surface area contributed by atoms with Gasteiger partial charge in [0.05, 0.1) is 15.5 Å². The minimum Gasteiger partial charge on any atom is -0.368 e. The molecule has 0 aliphatic carbocycles. The zero-order valence-corrected chi connectivity index (χ0v) is 19.3. The van der Waals surface area contributed by atoms with Crippen LogP contribution in [0.15, 0.2) is 35.2 Å². The quantitative estimate of drug-likeness (QED) is 0.477. The number of nitrogens with two attached hydrogens (primary N) is 1. The van der Waals surface area contributed by atoms with E-state index in [1.54, 1.807) is 20.8 Å². The standard InChI is InChI=1S/C20H20ClF3N6O2S/c1-19(2,3)30-9-11-5-4-10(6-15(11)33(30,31)32)16-13(20(22,23)24)7-12(8-14(16)21)26-18-27-17(25)28-29-18/h4-8H,9H2,1-3H3,(H4,25,26,27,28,29). The summed E-state index contributed by atoms with van der Waals surface area (Å²) in [5.74, 6) is -0.0461. The van der Waals surface area contributed by atoms with Crippen LogP contribution in [0, 0.1) is 0 Å². The first-order valence-corrected chi connectivity index (χ1v) is 11.5. The van der Waals surface area contributed by atoms with Crippen LogP contribution in [-0.2, 0) is 22.7 Å². The first kappa shape index (κ1) is 23.3. The van der Waals surface area contributed by atoms with Crippen molar-refractivity contribution in [3.8, 4) is 11.1 Å². The van der Waals surface area contributed by atoms with Crippen LogP contribution >= 0.6 is 11.6 Å². The number of nitrogens with one attached hydrogen (secondary N) is 2. The molecule has 8 nitrogen and oxygen atoms in total. The number of hydrogen-bond acceptors (Lipinski definition) is 6. The van der Waals surface area contributed by atoms with E-state index in [0.717, 1.165) is 6.07 Å². The molecule has 13 heteroatoms. The van der Waals surface area contributed by atoms with Gasteiger partial charge in [0, 0.05) is 23.3 Å². The van der Waals surface area contributed by atoms with Crippen LogP contribution in [0.3, 0.4) is 0 Å². The summed E-state index contributed by atoms with van der Waals surface area (Å²) in [6.45, 7) is 5.40. The molecule has 0 saturated carbocycles. The predicted octanol–water partition coefficient (Wildman–Crippen LogP) is 4.77. The van der Waals surface area contributed by atoms with E-state index in [1.165, 1.54) is 28.6 Å². The fraction of sp³-hybridized carbons (Fsp3) is 0.300. The summed E-state index contributed by atoms with van der Waals surface area (Å²) in [4.78, 5) is 3.76. The number of aromatic nitrogens is 3. The van der Waals surface area contributed by atoms with Gasteiger partial charge in [-0.1, -0.05) is 23.7 Å². The maximum atomic E-state index is 14.0. The minimum absolute atomic E-state index is 0.0113. The summed E-state index contributed by atoms with van der Waals surface area (Å²) in [5, 5.41) is 8.49. The number of sulfonamides is 1. The lowest BCUT2D eigenvalue weighted by Crippen LogP contribution is -2.41. The molecule has 33 heavy (non-hydrogen) atoms. The molecule has 3 aromatic rings. The molecule has 4 N–H and O–H groups in total. The Morgan fingerprint density at radius 2 is 1.88 bits per heavy atom. The van der Waals surface area contributed by atoms with E-state index in [-0.39, 0.29) is 45.2 Å². The molecule has 0 fully saturated rings. The third kappa shape index (κ3) is 4.25. The number of anilines is 3. The van der Waals surface area contributed by atoms with Crippen LogP contribution in [-0.4, -0.2) is 33.4 Å². The molecule has 2 aromatic carbocycles. The van der Waals surface area contributed by atoms with Crippen molar-refractivity contribution in [2.75, 3.05) is 11.1 Å². The highest BCUT2D eigenvalue weighted by atomic mass is 35.5. The highest BCUT2D eigenvalue weighted by Crippen LogP contribution is 2.45. The fourth-order valence-corrected chi connectivity index (χ4v) is 6.03. The molecule has 0 unspecified atom stereocenters. The topological polar surface area (TPSA) is 117 Å². The minimum atomic E-state index is -4.77. The third-order valence-electron chi connectivity index (χ3n) is 5.14. The number of halogens is 4. The molecule has 176 valence electrons. The van der Waals surface area contributed by atoms with Crippen LogP contribution in [0.1, 0.15) is 31.9 Å². The number of nitrogen functional groups attached to an aromatic ring is 1. The van der Waals surface area contributed by atoms with E-state index >= 15 is 0 Å². The Kier molecular flexibility index (Phi) is 5.38. The van der Waals surface area contributed by atoms with E-state index in [1.807, 2.05) is 0 Å². The largest absolute Gasteiger partial charge is 0.417 e. The molecule has 0 bridgehead atoms. The van der Waals surface area contributed by atoms with Crippen molar-refractivity contribution in [2.45, 2.75) is 43.9 Å². The SMILES string of the molecule is CC(C)(C)N1Cc2ccc(-c3c(Cl)cc(Nc4n[nH]c(N)n4)cc3C(F)(F)F)cc2S1(=O)=O. The van der Waals surface area contributed by atoms with E-state index in [4.69, 9.17) is 17.3 Å². The highest BCUT2D eigenvalue weighted by molar-refractivity contribution is 7.89. The molecule has 0 saturated heterocycles. The fourth-order valence-electron chi connectivity index (χ4n) is 3.69. The molecule has 0 atom stereocenters. The van der Waals surface area contributed by atoms with Crippen LogP contribution in [0.25, 0.3) is 11.1 Å². The zero-order valence-electron chi connectivity index (χ0n) is 17.7. The molecule has 0 radical (unpaired) electrons. The van der Waals surface area contributed by atoms with Crippen molar-refractivity contribution in [1.29, 1.82) is 0 Å². The number of rotatable bonds is 3. The van der Waals surface area contributed by atoms with Crippen LogP contribution in [0.2, 0.25) is 5.02 Å². The van der Waals surface area contributed by atoms with Crippen molar-refractivity contribution >= 4 is 39.2 Å². The summed E-state index contributed by atoms with van der Waals surface area (Å²) >= 11 is 6.30. The van der Waals surface area contributed by atoms with Crippen LogP contribution < -0.4 is 11.1 Å². The summed E-state index contributed by atoms with van der Waals surface area (Å²) in [6.07, 6.45) is -4.77. The molecular formula is C20H20ClF3N6O2S. The number of benzene rings is 2. The van der Waals surface area contributed by atoms with Gasteiger partial charge in [-0.15, -0.1) is 5.10 Å². The number of H-pyrrole nitrogens is 1. The van der Waals surface area contributed by atoms with Crippen LogP contribution in [0.5, 0.6) is 0 Å². The average Bonchev–Trinajstić information content (AvgIpc) is 3.20. The predicted molar refractivity (Wildman–Crippen MR) is 118 cm³/mol. The van der Waals surface area contributed by atoms with E-state index in [9.17, 15) is 21.6 Å². The smallest absolute Gasteiger partial charge is 0.368 e. The van der Waals surface area contributed by atoms with Gasteiger partial charge in [-0.2, -0.15) is 22.5 Å². The lowest BCUT2D eigenvalue weighted by atomic mass is 9.97. The second-order valence-corrected chi connectivity index (χ2v) is 10.8. The van der Waals surface area contributed by atoms with E-state index < -0.39 is 27.3 Å². The second kappa shape index (κ2) is 7.61. The Morgan fingerprint density at radius 1 is 1.18 bits per heavy atom. The molecule has 1 aliphatic rings. The Labute approximate surface area is 193 Å². The third-order valence-corrected chi connectivity index (χ3v) is 7.63. The van der Waals surface area contributed by atoms with Crippen molar-refractivity contribution in [3.63, 3.8) is 0 Å². The van der Waals surface area contributed by atoms with Gasteiger partial charge < -0.3 is 11.1 Å². The summed E-state index contributed by atoms with van der Waals surface area (Å²) in [7, 11) is -3.88. The van der Waals surface area contributed by atoms with E-state index in [0.29, 0.717) is 5.56 Å². The van der Waals surface area contributed by atoms with Gasteiger partial charge in [-0.05, 0) is 50.1 Å².